The molecule has 0 unspecified atom stereocenters. The maximum atomic E-state index is 14.3. The van der Waals surface area contributed by atoms with Crippen LogP contribution >= 0.6 is 0 Å². The summed E-state index contributed by atoms with van der Waals surface area (Å²) in [5, 5.41) is 0. The van der Waals surface area contributed by atoms with E-state index in [0.29, 0.717) is 35.1 Å². The van der Waals surface area contributed by atoms with Gasteiger partial charge in [-0.15, -0.1) is 6.58 Å². The minimum Gasteiger partial charge on any atom is -0.206 e. The molecule has 4 heteroatoms. The fourth-order valence-electron chi connectivity index (χ4n) is 2.84. The van der Waals surface area contributed by atoms with Gasteiger partial charge in [-0.2, -0.15) is 0 Å². The highest BCUT2D eigenvalue weighted by molar-refractivity contribution is 5.89. The molecule has 0 heterocycles. The lowest BCUT2D eigenvalue weighted by molar-refractivity contribution is 0.507. The van der Waals surface area contributed by atoms with E-state index in [9.17, 15) is 17.6 Å². The van der Waals surface area contributed by atoms with Crippen LogP contribution in [0.3, 0.4) is 0 Å². The fraction of sp³-hybridized carbons (Fsp3) is 0.158. The molecule has 3 rings (SSSR count). The van der Waals surface area contributed by atoms with Gasteiger partial charge < -0.3 is 0 Å². The van der Waals surface area contributed by atoms with Crippen molar-refractivity contribution < 1.29 is 17.6 Å². The lowest BCUT2D eigenvalue weighted by Gasteiger charge is -2.09. The van der Waals surface area contributed by atoms with Crippen LogP contribution in [0.15, 0.2) is 36.9 Å². The average Bonchev–Trinajstić information content (AvgIpc) is 2.87. The molecule has 2 aromatic rings. The Morgan fingerprint density at radius 1 is 0.913 bits per heavy atom. The van der Waals surface area contributed by atoms with Crippen LogP contribution in [0.1, 0.15) is 28.7 Å². The molecular formula is C19H14F4. The molecule has 0 aromatic heterocycles. The Morgan fingerprint density at radius 2 is 1.57 bits per heavy atom. The molecular weight excluding hydrogens is 304 g/mol. The Labute approximate surface area is 131 Å². The van der Waals surface area contributed by atoms with E-state index >= 15 is 0 Å². The monoisotopic (exact) mass is 318 g/mol. The van der Waals surface area contributed by atoms with Gasteiger partial charge in [-0.25, -0.2) is 17.6 Å². The number of fused-ring (bicyclic) bond motifs is 1. The van der Waals surface area contributed by atoms with Crippen molar-refractivity contribution in [3.63, 3.8) is 0 Å². The average molecular weight is 318 g/mol. The van der Waals surface area contributed by atoms with E-state index in [1.165, 1.54) is 18.2 Å². The summed E-state index contributed by atoms with van der Waals surface area (Å²) in [7, 11) is 0. The smallest absolute Gasteiger partial charge is 0.159 e. The second-order valence-corrected chi connectivity index (χ2v) is 5.57. The highest BCUT2D eigenvalue weighted by atomic mass is 19.2. The third kappa shape index (κ3) is 2.93. The number of rotatable bonds is 4. The predicted octanol–water partition coefficient (Wildman–Crippen LogP) is 5.46. The van der Waals surface area contributed by atoms with Crippen LogP contribution in [-0.2, 0) is 12.8 Å². The van der Waals surface area contributed by atoms with Gasteiger partial charge in [0.05, 0.1) is 0 Å². The molecule has 118 valence electrons. The minimum atomic E-state index is -0.970. The third-order valence-corrected chi connectivity index (χ3v) is 3.95. The first-order chi connectivity index (χ1) is 11.0. The quantitative estimate of drug-likeness (QED) is 0.519. The predicted molar refractivity (Wildman–Crippen MR) is 82.8 cm³/mol. The van der Waals surface area contributed by atoms with Gasteiger partial charge in [0.25, 0.3) is 0 Å². The number of hydrogen-bond acceptors (Lipinski definition) is 0. The summed E-state index contributed by atoms with van der Waals surface area (Å²) in [4.78, 5) is 0. The van der Waals surface area contributed by atoms with E-state index in [4.69, 9.17) is 0 Å². The van der Waals surface area contributed by atoms with Crippen LogP contribution in [0.25, 0.3) is 11.6 Å². The van der Waals surface area contributed by atoms with Crippen molar-refractivity contribution in [2.45, 2.75) is 19.3 Å². The second kappa shape index (κ2) is 6.03. The maximum absolute atomic E-state index is 14.3. The molecule has 0 fully saturated rings. The first-order valence-corrected chi connectivity index (χ1v) is 7.27. The largest absolute Gasteiger partial charge is 0.206 e. The topological polar surface area (TPSA) is 0 Å². The van der Waals surface area contributed by atoms with E-state index in [1.54, 1.807) is 6.08 Å². The molecule has 1 aliphatic rings. The van der Waals surface area contributed by atoms with Crippen molar-refractivity contribution >= 4 is 11.6 Å². The molecule has 0 nitrogen and oxygen atoms in total. The summed E-state index contributed by atoms with van der Waals surface area (Å²) in [6.45, 7) is 3.58. The van der Waals surface area contributed by atoms with Crippen molar-refractivity contribution in [2.75, 3.05) is 0 Å². The summed E-state index contributed by atoms with van der Waals surface area (Å²) in [5.74, 6) is -3.26. The van der Waals surface area contributed by atoms with Crippen LogP contribution < -0.4 is 0 Å². The highest BCUT2D eigenvalue weighted by Crippen LogP contribution is 2.35. The SMILES string of the molecule is C=CCCc1cc(F)c(C2=Cc3cc(F)c(F)cc3C2)c(F)c1. The first-order valence-electron chi connectivity index (χ1n) is 7.27. The molecule has 2 aromatic carbocycles. The highest BCUT2D eigenvalue weighted by Gasteiger charge is 2.22. The molecule has 0 atom stereocenters. The Morgan fingerprint density at radius 3 is 2.22 bits per heavy atom. The summed E-state index contributed by atoms with van der Waals surface area (Å²) in [6, 6.07) is 4.72. The lowest BCUT2D eigenvalue weighted by Crippen LogP contribution is -1.99. The van der Waals surface area contributed by atoms with Crippen LogP contribution in [0, 0.1) is 23.3 Å². The Bertz CT molecular complexity index is 795. The zero-order chi connectivity index (χ0) is 16.6. The van der Waals surface area contributed by atoms with Crippen molar-refractivity contribution in [3.8, 4) is 0 Å². The van der Waals surface area contributed by atoms with Crippen molar-refractivity contribution in [3.05, 3.63) is 82.4 Å². The minimum absolute atomic E-state index is 0.135. The number of hydrogen-bond donors (Lipinski definition) is 0. The lowest BCUT2D eigenvalue weighted by atomic mass is 9.99. The van der Waals surface area contributed by atoms with Gasteiger partial charge in [0, 0.05) is 5.56 Å². The van der Waals surface area contributed by atoms with Crippen molar-refractivity contribution in [1.29, 1.82) is 0 Å². The fourth-order valence-corrected chi connectivity index (χ4v) is 2.84. The van der Waals surface area contributed by atoms with Gasteiger partial charge in [-0.1, -0.05) is 12.2 Å². The standard InChI is InChI=1S/C19H14F4/c1-2-3-4-11-5-17(22)19(18(23)6-11)14-7-12-9-15(20)16(21)10-13(12)8-14/h2,5-7,9-10H,1,3-4,8H2. The molecule has 23 heavy (non-hydrogen) atoms. The normalized spacial score (nSPS) is 13.0. The molecule has 0 N–H and O–H groups in total. The molecule has 0 bridgehead atoms. The van der Waals surface area contributed by atoms with Gasteiger partial charge in [0.1, 0.15) is 11.6 Å². The summed E-state index contributed by atoms with van der Waals surface area (Å²) >= 11 is 0. The molecule has 0 radical (unpaired) electrons. The Hall–Kier alpha value is -2.36. The number of halogens is 4. The van der Waals surface area contributed by atoms with E-state index < -0.39 is 23.3 Å². The second-order valence-electron chi connectivity index (χ2n) is 5.57. The third-order valence-electron chi connectivity index (χ3n) is 3.95. The molecule has 0 saturated heterocycles. The molecule has 0 aliphatic heterocycles. The van der Waals surface area contributed by atoms with Crippen molar-refractivity contribution in [2.24, 2.45) is 0 Å². The van der Waals surface area contributed by atoms with Crippen LogP contribution in [-0.4, -0.2) is 0 Å². The summed E-state index contributed by atoms with van der Waals surface area (Å²) in [6.07, 6.45) is 4.50. The molecule has 0 saturated carbocycles. The van der Waals surface area contributed by atoms with Crippen LogP contribution in [0.4, 0.5) is 17.6 Å². The Kier molecular flexibility index (Phi) is 4.07. The van der Waals surface area contributed by atoms with Crippen molar-refractivity contribution in [1.82, 2.24) is 0 Å². The number of aryl methyl sites for hydroxylation is 1. The molecule has 0 spiro atoms. The summed E-state index contributed by atoms with van der Waals surface area (Å²) < 4.78 is 55.2. The van der Waals surface area contributed by atoms with Crippen LogP contribution in [0.2, 0.25) is 0 Å². The molecule has 0 amide bonds. The van der Waals surface area contributed by atoms with Gasteiger partial charge >= 0.3 is 0 Å². The van der Waals surface area contributed by atoms with E-state index in [1.807, 2.05) is 0 Å². The van der Waals surface area contributed by atoms with Gasteiger partial charge in [-0.05, 0) is 65.8 Å². The van der Waals surface area contributed by atoms with Gasteiger partial charge in [0.2, 0.25) is 0 Å². The van der Waals surface area contributed by atoms with E-state index in [0.717, 1.165) is 12.1 Å². The number of benzene rings is 2. The zero-order valence-electron chi connectivity index (χ0n) is 12.3. The Balaban J connectivity index is 1.97. The van der Waals surface area contributed by atoms with E-state index in [2.05, 4.69) is 6.58 Å². The maximum Gasteiger partial charge on any atom is 0.159 e. The van der Waals surface area contributed by atoms with Gasteiger partial charge in [-0.3, -0.25) is 0 Å². The van der Waals surface area contributed by atoms with Crippen LogP contribution in [0.5, 0.6) is 0 Å². The molecule has 1 aliphatic carbocycles. The number of allylic oxidation sites excluding steroid dienone is 2. The first kappa shape index (κ1) is 15.5. The summed E-state index contributed by atoms with van der Waals surface area (Å²) in [5.41, 5.74) is 1.78. The van der Waals surface area contributed by atoms with Gasteiger partial charge in [0.15, 0.2) is 11.6 Å². The zero-order valence-corrected chi connectivity index (χ0v) is 12.3. The van der Waals surface area contributed by atoms with E-state index in [-0.39, 0.29) is 12.0 Å².